The van der Waals surface area contributed by atoms with Gasteiger partial charge >= 0.3 is 5.97 Å². The van der Waals surface area contributed by atoms with Crippen LogP contribution in [0, 0.1) is 0 Å². The fourth-order valence-corrected chi connectivity index (χ4v) is 2.65. The minimum absolute atomic E-state index is 0.0418. The maximum atomic E-state index is 11.0. The number of carboxylic acids is 1. The summed E-state index contributed by atoms with van der Waals surface area (Å²) in [7, 11) is 0. The van der Waals surface area contributed by atoms with Crippen molar-refractivity contribution in [3.05, 3.63) is 23.9 Å². The van der Waals surface area contributed by atoms with Crippen LogP contribution in [-0.2, 0) is 17.8 Å². The lowest BCUT2D eigenvalue weighted by Gasteiger charge is -2.18. The largest absolute Gasteiger partial charge is 0.486 e. The van der Waals surface area contributed by atoms with E-state index < -0.39 is 5.97 Å². The minimum atomic E-state index is -0.847. The summed E-state index contributed by atoms with van der Waals surface area (Å²) in [6, 6.07) is 3.85. The lowest BCUT2D eigenvalue weighted by molar-refractivity contribution is -0.137. The molecule has 5 heteroatoms. The number of fused-ring (bicyclic) bond motifs is 2. The molecule has 1 N–H and O–H groups in total. The molecule has 106 valence electrons. The highest BCUT2D eigenvalue weighted by atomic mass is 16.6. The Morgan fingerprint density at radius 2 is 2.00 bits per heavy atom. The fraction of sp³-hybridized carbons (Fsp3) is 0.400. The number of aliphatic carboxylic acids is 1. The first-order valence-corrected chi connectivity index (χ1v) is 6.82. The van der Waals surface area contributed by atoms with Gasteiger partial charge in [-0.25, -0.2) is 0 Å². The maximum absolute atomic E-state index is 11.0. The third-order valence-corrected chi connectivity index (χ3v) is 3.45. The summed E-state index contributed by atoms with van der Waals surface area (Å²) in [6.07, 6.45) is 3.86. The average Bonchev–Trinajstić information content (AvgIpc) is 2.74. The van der Waals surface area contributed by atoms with Gasteiger partial charge in [-0.05, 0) is 18.1 Å². The average molecular weight is 275 g/mol. The molecule has 5 nitrogen and oxygen atoms in total. The van der Waals surface area contributed by atoms with Crippen LogP contribution in [0.15, 0.2) is 18.3 Å². The van der Waals surface area contributed by atoms with Gasteiger partial charge in [0.2, 0.25) is 0 Å². The number of aromatic nitrogens is 1. The first kappa shape index (κ1) is 12.8. The van der Waals surface area contributed by atoms with Crippen molar-refractivity contribution in [3.63, 3.8) is 0 Å². The number of ether oxygens (including phenoxy) is 2. The molecular formula is C15H17NO4. The third-order valence-electron chi connectivity index (χ3n) is 3.45. The Kier molecular flexibility index (Phi) is 3.26. The molecule has 1 aliphatic heterocycles. The van der Waals surface area contributed by atoms with Crippen molar-refractivity contribution in [2.75, 3.05) is 13.2 Å². The van der Waals surface area contributed by atoms with Gasteiger partial charge in [0, 0.05) is 17.6 Å². The van der Waals surface area contributed by atoms with Crippen LogP contribution < -0.4 is 9.47 Å². The predicted molar refractivity (Wildman–Crippen MR) is 74.6 cm³/mol. The number of hydrogen-bond donors (Lipinski definition) is 1. The van der Waals surface area contributed by atoms with Crippen LogP contribution in [0.3, 0.4) is 0 Å². The molecule has 0 atom stereocenters. The summed E-state index contributed by atoms with van der Waals surface area (Å²) < 4.78 is 12.9. The SMILES string of the molecule is CCCc1cn(CC(=O)O)c2cc3c(cc12)OCCO3. The molecule has 0 spiro atoms. The molecule has 0 radical (unpaired) electrons. The minimum Gasteiger partial charge on any atom is -0.486 e. The van der Waals surface area contributed by atoms with Crippen molar-refractivity contribution in [2.24, 2.45) is 0 Å². The smallest absolute Gasteiger partial charge is 0.323 e. The number of aryl methyl sites for hydroxylation is 1. The van der Waals surface area contributed by atoms with Crippen LogP contribution in [0.25, 0.3) is 10.9 Å². The normalized spacial score (nSPS) is 13.7. The van der Waals surface area contributed by atoms with E-state index in [9.17, 15) is 4.79 Å². The second-order valence-electron chi connectivity index (χ2n) is 4.94. The van der Waals surface area contributed by atoms with Crippen molar-refractivity contribution in [1.29, 1.82) is 0 Å². The van der Waals surface area contributed by atoms with E-state index >= 15 is 0 Å². The Bertz CT molecular complexity index is 659. The van der Waals surface area contributed by atoms with Gasteiger partial charge in [-0.1, -0.05) is 13.3 Å². The molecule has 1 aromatic heterocycles. The Morgan fingerprint density at radius 1 is 1.30 bits per heavy atom. The van der Waals surface area contributed by atoms with E-state index in [1.165, 1.54) is 0 Å². The van der Waals surface area contributed by atoms with Gasteiger partial charge < -0.3 is 19.1 Å². The van der Waals surface area contributed by atoms with E-state index in [1.807, 2.05) is 18.3 Å². The second-order valence-corrected chi connectivity index (χ2v) is 4.94. The second kappa shape index (κ2) is 5.07. The molecule has 20 heavy (non-hydrogen) atoms. The maximum Gasteiger partial charge on any atom is 0.323 e. The zero-order chi connectivity index (χ0) is 14.1. The van der Waals surface area contributed by atoms with Gasteiger partial charge in [0.25, 0.3) is 0 Å². The Hall–Kier alpha value is -2.17. The molecule has 2 aromatic rings. The number of benzene rings is 1. The van der Waals surface area contributed by atoms with Gasteiger partial charge in [0.05, 0.1) is 5.52 Å². The summed E-state index contributed by atoms with van der Waals surface area (Å²) in [4.78, 5) is 11.0. The zero-order valence-electron chi connectivity index (χ0n) is 11.4. The summed E-state index contributed by atoms with van der Waals surface area (Å²) in [6.45, 7) is 3.15. The molecule has 1 aliphatic rings. The molecule has 0 amide bonds. The van der Waals surface area contributed by atoms with E-state index in [-0.39, 0.29) is 6.54 Å². The monoisotopic (exact) mass is 275 g/mol. The first-order chi connectivity index (χ1) is 9.69. The molecule has 0 fully saturated rings. The van der Waals surface area contributed by atoms with Crippen molar-refractivity contribution in [2.45, 2.75) is 26.3 Å². The van der Waals surface area contributed by atoms with Crippen LogP contribution in [0.4, 0.5) is 0 Å². The third kappa shape index (κ3) is 2.19. The van der Waals surface area contributed by atoms with Gasteiger partial charge in [0.15, 0.2) is 11.5 Å². The number of carboxylic acid groups (broad SMARTS) is 1. The van der Waals surface area contributed by atoms with Crippen LogP contribution in [0.2, 0.25) is 0 Å². The number of rotatable bonds is 4. The Labute approximate surface area is 116 Å². The van der Waals surface area contributed by atoms with E-state index in [2.05, 4.69) is 6.92 Å². The van der Waals surface area contributed by atoms with E-state index in [1.54, 1.807) is 4.57 Å². The molecular weight excluding hydrogens is 258 g/mol. The summed E-state index contributed by atoms with van der Waals surface area (Å²) in [5.41, 5.74) is 2.04. The van der Waals surface area contributed by atoms with Gasteiger partial charge in [-0.15, -0.1) is 0 Å². The molecule has 1 aromatic carbocycles. The first-order valence-electron chi connectivity index (χ1n) is 6.82. The van der Waals surface area contributed by atoms with Gasteiger partial charge in [0.1, 0.15) is 19.8 Å². The van der Waals surface area contributed by atoms with Gasteiger partial charge in [-0.3, -0.25) is 4.79 Å². The lowest BCUT2D eigenvalue weighted by atomic mass is 10.1. The van der Waals surface area contributed by atoms with Crippen LogP contribution in [-0.4, -0.2) is 28.9 Å². The highest BCUT2D eigenvalue weighted by Gasteiger charge is 2.17. The molecule has 0 saturated heterocycles. The number of nitrogens with zero attached hydrogens (tertiary/aromatic N) is 1. The standard InChI is InChI=1S/C15H17NO4/c1-2-3-10-8-16(9-15(17)18)12-7-14-13(6-11(10)12)19-4-5-20-14/h6-8H,2-5,9H2,1H3,(H,17,18). The number of hydrogen-bond acceptors (Lipinski definition) is 3. The molecule has 0 bridgehead atoms. The van der Waals surface area contributed by atoms with Crippen LogP contribution >= 0.6 is 0 Å². The topological polar surface area (TPSA) is 60.7 Å². The van der Waals surface area contributed by atoms with E-state index in [0.717, 1.165) is 35.1 Å². The molecule has 3 rings (SSSR count). The summed E-state index contributed by atoms with van der Waals surface area (Å²) >= 11 is 0. The summed E-state index contributed by atoms with van der Waals surface area (Å²) in [5, 5.41) is 10.1. The van der Waals surface area contributed by atoms with Crippen LogP contribution in [0.1, 0.15) is 18.9 Å². The van der Waals surface area contributed by atoms with E-state index in [4.69, 9.17) is 14.6 Å². The molecule has 2 heterocycles. The Balaban J connectivity index is 2.16. The summed E-state index contributed by atoms with van der Waals surface area (Å²) in [5.74, 6) is 0.588. The predicted octanol–water partition coefficient (Wildman–Crippen LogP) is 2.45. The fourth-order valence-electron chi connectivity index (χ4n) is 2.65. The lowest BCUT2D eigenvalue weighted by Crippen LogP contribution is -2.15. The quantitative estimate of drug-likeness (QED) is 0.931. The molecule has 0 saturated carbocycles. The van der Waals surface area contributed by atoms with Crippen molar-refractivity contribution < 1.29 is 19.4 Å². The van der Waals surface area contributed by atoms with E-state index in [0.29, 0.717) is 19.0 Å². The molecule has 0 unspecified atom stereocenters. The number of carbonyl (C=O) groups is 1. The highest BCUT2D eigenvalue weighted by molar-refractivity contribution is 5.88. The van der Waals surface area contributed by atoms with Gasteiger partial charge in [-0.2, -0.15) is 0 Å². The Morgan fingerprint density at radius 3 is 2.65 bits per heavy atom. The zero-order valence-corrected chi connectivity index (χ0v) is 11.4. The van der Waals surface area contributed by atoms with Crippen molar-refractivity contribution >= 4 is 16.9 Å². The van der Waals surface area contributed by atoms with Crippen molar-refractivity contribution in [1.82, 2.24) is 4.57 Å². The highest BCUT2D eigenvalue weighted by Crippen LogP contribution is 2.36. The molecule has 0 aliphatic carbocycles. The van der Waals surface area contributed by atoms with Crippen LogP contribution in [0.5, 0.6) is 11.5 Å². The van der Waals surface area contributed by atoms with Crippen molar-refractivity contribution in [3.8, 4) is 11.5 Å².